The van der Waals surface area contributed by atoms with Crippen molar-refractivity contribution in [3.63, 3.8) is 0 Å². The van der Waals surface area contributed by atoms with Gasteiger partial charge in [0.2, 0.25) is 0 Å². The van der Waals surface area contributed by atoms with Crippen molar-refractivity contribution >= 4 is 45.8 Å². The minimum absolute atomic E-state index is 0.593. The number of carbonyl (C=O) groups excluding carboxylic acids is 2. The maximum Gasteiger partial charge on any atom is 0.314 e. The Labute approximate surface area is 137 Å². The third-order valence-corrected chi connectivity index (χ3v) is 3.79. The number of amides is 2. The van der Waals surface area contributed by atoms with Gasteiger partial charge in [-0.15, -0.1) is 0 Å². The number of nitrogens with one attached hydrogen (secondary N) is 2. The molecule has 2 rings (SSSR count). The van der Waals surface area contributed by atoms with E-state index >= 15 is 0 Å². The largest absolute Gasteiger partial charge is 0.318 e. The first kappa shape index (κ1) is 15.5. The van der Waals surface area contributed by atoms with Crippen molar-refractivity contribution in [3.05, 3.63) is 57.2 Å². The van der Waals surface area contributed by atoms with Crippen molar-refractivity contribution in [3.8, 4) is 0 Å². The molecule has 0 saturated heterocycles. The number of hydrogen-bond acceptors (Lipinski definition) is 2. The molecule has 0 heterocycles. The molecule has 5 heteroatoms. The standard InChI is InChI=1S/C16H15IN2O2/c1-10-3-6-14(9-11(10)2)19-16(21)15(20)18-13-7-4-12(17)5-8-13/h3-9H,1-2H3,(H,18,20)(H,19,21). The Morgan fingerprint density at radius 3 is 1.90 bits per heavy atom. The number of anilines is 2. The summed E-state index contributed by atoms with van der Waals surface area (Å²) in [5, 5.41) is 5.15. The van der Waals surface area contributed by atoms with Crippen LogP contribution in [0.15, 0.2) is 42.5 Å². The van der Waals surface area contributed by atoms with E-state index in [1.807, 2.05) is 38.1 Å². The van der Waals surface area contributed by atoms with E-state index in [1.54, 1.807) is 18.2 Å². The Kier molecular flexibility index (Phi) is 4.95. The third-order valence-electron chi connectivity index (χ3n) is 3.07. The first-order chi connectivity index (χ1) is 9.95. The molecule has 2 aromatic rings. The average Bonchev–Trinajstić information content (AvgIpc) is 2.45. The van der Waals surface area contributed by atoms with Crippen LogP contribution in [0.3, 0.4) is 0 Å². The van der Waals surface area contributed by atoms with Gasteiger partial charge >= 0.3 is 11.8 Å². The molecule has 0 spiro atoms. The number of halogens is 1. The lowest BCUT2D eigenvalue weighted by Gasteiger charge is -2.08. The second-order valence-corrected chi connectivity index (χ2v) is 5.96. The summed E-state index contributed by atoms with van der Waals surface area (Å²) in [5.74, 6) is -1.37. The molecule has 0 unspecified atom stereocenters. The molecule has 2 N–H and O–H groups in total. The lowest BCUT2D eigenvalue weighted by molar-refractivity contribution is -0.132. The highest BCUT2D eigenvalue weighted by atomic mass is 127. The molecule has 0 aliphatic carbocycles. The van der Waals surface area contributed by atoms with Gasteiger partial charge in [0.25, 0.3) is 0 Å². The minimum Gasteiger partial charge on any atom is -0.318 e. The van der Waals surface area contributed by atoms with Crippen LogP contribution in [-0.2, 0) is 9.59 Å². The maximum atomic E-state index is 11.9. The number of rotatable bonds is 2. The van der Waals surface area contributed by atoms with Gasteiger partial charge in [-0.3, -0.25) is 9.59 Å². The van der Waals surface area contributed by atoms with E-state index in [4.69, 9.17) is 0 Å². The van der Waals surface area contributed by atoms with Crippen molar-refractivity contribution < 1.29 is 9.59 Å². The fraction of sp³-hybridized carbons (Fsp3) is 0.125. The maximum absolute atomic E-state index is 11.9. The minimum atomic E-state index is -0.686. The summed E-state index contributed by atoms with van der Waals surface area (Å²) in [6.07, 6.45) is 0. The first-order valence-corrected chi connectivity index (χ1v) is 7.49. The van der Waals surface area contributed by atoms with Crippen molar-refractivity contribution in [2.75, 3.05) is 10.6 Å². The van der Waals surface area contributed by atoms with Gasteiger partial charge in [0.15, 0.2) is 0 Å². The molecule has 0 aliphatic heterocycles. The van der Waals surface area contributed by atoms with Crippen LogP contribution in [0, 0.1) is 17.4 Å². The third kappa shape index (κ3) is 4.29. The van der Waals surface area contributed by atoms with Crippen LogP contribution in [0.5, 0.6) is 0 Å². The molecule has 0 radical (unpaired) electrons. The Morgan fingerprint density at radius 1 is 0.810 bits per heavy atom. The Bertz CT molecular complexity index is 681. The van der Waals surface area contributed by atoms with Gasteiger partial charge in [0.1, 0.15) is 0 Å². The lowest BCUT2D eigenvalue weighted by atomic mass is 10.1. The predicted molar refractivity (Wildman–Crippen MR) is 92.3 cm³/mol. The Morgan fingerprint density at radius 2 is 1.33 bits per heavy atom. The van der Waals surface area contributed by atoms with E-state index in [1.165, 1.54) is 0 Å². The lowest BCUT2D eigenvalue weighted by Crippen LogP contribution is -2.29. The zero-order chi connectivity index (χ0) is 15.4. The number of aryl methyl sites for hydroxylation is 2. The van der Waals surface area contributed by atoms with Crippen molar-refractivity contribution in [2.24, 2.45) is 0 Å². The van der Waals surface area contributed by atoms with Gasteiger partial charge < -0.3 is 10.6 Å². The molecule has 0 saturated carbocycles. The van der Waals surface area contributed by atoms with Gasteiger partial charge in [-0.2, -0.15) is 0 Å². The molecule has 2 amide bonds. The fourth-order valence-electron chi connectivity index (χ4n) is 1.73. The first-order valence-electron chi connectivity index (χ1n) is 6.41. The summed E-state index contributed by atoms with van der Waals surface area (Å²) in [4.78, 5) is 23.7. The smallest absolute Gasteiger partial charge is 0.314 e. The summed E-state index contributed by atoms with van der Waals surface area (Å²) in [6, 6.07) is 12.7. The van der Waals surface area contributed by atoms with Gasteiger partial charge in [0.05, 0.1) is 0 Å². The van der Waals surface area contributed by atoms with E-state index in [0.717, 1.165) is 14.7 Å². The quantitative estimate of drug-likeness (QED) is 0.605. The van der Waals surface area contributed by atoms with E-state index in [-0.39, 0.29) is 0 Å². The Balaban J connectivity index is 2.00. The molecule has 2 aromatic carbocycles. The van der Waals surface area contributed by atoms with Crippen LogP contribution in [0.4, 0.5) is 11.4 Å². The highest BCUT2D eigenvalue weighted by molar-refractivity contribution is 14.1. The van der Waals surface area contributed by atoms with Crippen molar-refractivity contribution in [1.29, 1.82) is 0 Å². The number of carbonyl (C=O) groups is 2. The van der Waals surface area contributed by atoms with Gasteiger partial charge in [-0.1, -0.05) is 6.07 Å². The summed E-state index contributed by atoms with van der Waals surface area (Å²) in [6.45, 7) is 3.95. The van der Waals surface area contributed by atoms with Crippen LogP contribution in [-0.4, -0.2) is 11.8 Å². The van der Waals surface area contributed by atoms with Crippen LogP contribution in [0.2, 0.25) is 0 Å². The molecule has 0 bridgehead atoms. The molecular formula is C16H15IN2O2. The monoisotopic (exact) mass is 394 g/mol. The normalized spacial score (nSPS) is 10.0. The van der Waals surface area contributed by atoms with Crippen LogP contribution in [0.25, 0.3) is 0 Å². The van der Waals surface area contributed by atoms with E-state index in [0.29, 0.717) is 11.4 Å². The molecule has 4 nitrogen and oxygen atoms in total. The average molecular weight is 394 g/mol. The second-order valence-electron chi connectivity index (χ2n) is 4.71. The number of benzene rings is 2. The van der Waals surface area contributed by atoms with E-state index < -0.39 is 11.8 Å². The second kappa shape index (κ2) is 6.71. The van der Waals surface area contributed by atoms with E-state index in [9.17, 15) is 9.59 Å². The summed E-state index contributed by atoms with van der Waals surface area (Å²) in [7, 11) is 0. The Hall–Kier alpha value is -1.89. The summed E-state index contributed by atoms with van der Waals surface area (Å²) in [5.41, 5.74) is 3.40. The SMILES string of the molecule is Cc1ccc(NC(=O)C(=O)Nc2ccc(I)cc2)cc1C. The molecule has 0 aliphatic rings. The summed E-state index contributed by atoms with van der Waals surface area (Å²) < 4.78 is 1.06. The van der Waals surface area contributed by atoms with Crippen LogP contribution in [0.1, 0.15) is 11.1 Å². The van der Waals surface area contributed by atoms with E-state index in [2.05, 4.69) is 33.2 Å². The zero-order valence-electron chi connectivity index (χ0n) is 11.7. The van der Waals surface area contributed by atoms with Gasteiger partial charge in [-0.25, -0.2) is 0 Å². The topological polar surface area (TPSA) is 58.2 Å². The molecular weight excluding hydrogens is 379 g/mol. The van der Waals surface area contributed by atoms with Crippen LogP contribution >= 0.6 is 22.6 Å². The molecule has 108 valence electrons. The fourth-order valence-corrected chi connectivity index (χ4v) is 2.09. The van der Waals surface area contributed by atoms with Crippen molar-refractivity contribution in [2.45, 2.75) is 13.8 Å². The highest BCUT2D eigenvalue weighted by Gasteiger charge is 2.14. The number of hydrogen-bond donors (Lipinski definition) is 2. The molecule has 21 heavy (non-hydrogen) atoms. The zero-order valence-corrected chi connectivity index (χ0v) is 13.9. The molecule has 0 aromatic heterocycles. The predicted octanol–water partition coefficient (Wildman–Crippen LogP) is 3.49. The van der Waals surface area contributed by atoms with Gasteiger partial charge in [-0.05, 0) is 84.0 Å². The highest BCUT2D eigenvalue weighted by Crippen LogP contribution is 2.14. The van der Waals surface area contributed by atoms with Crippen LogP contribution < -0.4 is 10.6 Å². The molecule has 0 atom stereocenters. The van der Waals surface area contributed by atoms with Gasteiger partial charge in [0, 0.05) is 14.9 Å². The van der Waals surface area contributed by atoms with Crippen molar-refractivity contribution in [1.82, 2.24) is 0 Å². The summed E-state index contributed by atoms with van der Waals surface area (Å²) >= 11 is 2.17. The molecule has 0 fully saturated rings.